The van der Waals surface area contributed by atoms with Gasteiger partial charge in [0.25, 0.3) is 0 Å². The summed E-state index contributed by atoms with van der Waals surface area (Å²) in [5.41, 5.74) is 1.41. The van der Waals surface area contributed by atoms with Gasteiger partial charge in [0.1, 0.15) is 17.8 Å². The van der Waals surface area contributed by atoms with Crippen molar-refractivity contribution in [3.05, 3.63) is 93.7 Å². The number of amides is 1. The van der Waals surface area contributed by atoms with Crippen LogP contribution in [0.15, 0.2) is 66.7 Å². The molecule has 3 aromatic rings. The summed E-state index contributed by atoms with van der Waals surface area (Å²) in [5, 5.41) is 10.7. The molecule has 0 saturated heterocycles. The van der Waals surface area contributed by atoms with E-state index in [1.165, 1.54) is 12.1 Å². The van der Waals surface area contributed by atoms with Gasteiger partial charge in [-0.05, 0) is 42.2 Å². The Labute approximate surface area is 220 Å². The van der Waals surface area contributed by atoms with Crippen LogP contribution in [0.2, 0.25) is 10.0 Å². The van der Waals surface area contributed by atoms with Crippen molar-refractivity contribution in [2.24, 2.45) is 0 Å². The van der Waals surface area contributed by atoms with Crippen LogP contribution in [0.1, 0.15) is 48.8 Å². The number of nitrogens with one attached hydrogen (secondary N) is 3. The minimum absolute atomic E-state index is 0.0118. The number of hydrogen-bond donors (Lipinski definition) is 3. The zero-order chi connectivity index (χ0) is 25.3. The number of hydrogen-bond acceptors (Lipinski definition) is 4. The van der Waals surface area contributed by atoms with Gasteiger partial charge in [0, 0.05) is 24.2 Å². The number of rotatable bonds is 7. The first-order valence-corrected chi connectivity index (χ1v) is 12.9. The maximum atomic E-state index is 14.5. The molecule has 2 aliphatic rings. The van der Waals surface area contributed by atoms with E-state index >= 15 is 0 Å². The van der Waals surface area contributed by atoms with E-state index in [4.69, 9.17) is 27.9 Å². The number of anilines is 2. The van der Waals surface area contributed by atoms with Crippen molar-refractivity contribution in [3.8, 4) is 0 Å². The highest BCUT2D eigenvalue weighted by Crippen LogP contribution is 2.50. The molecular weight excluding hydrogens is 500 g/mol. The molecule has 3 unspecified atom stereocenters. The SMILES string of the molecule is COC(c1ccccc1)C1(C(C(=O)NC2CCCC2)c2cccc(Cl)c2)Nc2cc(F)c(Cl)cc2N1. The average Bonchev–Trinajstić information content (AvgIpc) is 3.49. The van der Waals surface area contributed by atoms with Gasteiger partial charge in [-0.2, -0.15) is 0 Å². The lowest BCUT2D eigenvalue weighted by atomic mass is 9.79. The van der Waals surface area contributed by atoms with E-state index in [2.05, 4.69) is 16.0 Å². The summed E-state index contributed by atoms with van der Waals surface area (Å²) >= 11 is 12.5. The molecule has 8 heteroatoms. The van der Waals surface area contributed by atoms with Crippen LogP contribution >= 0.6 is 23.2 Å². The van der Waals surface area contributed by atoms with Crippen LogP contribution in [0, 0.1) is 5.82 Å². The van der Waals surface area contributed by atoms with Crippen LogP contribution in [0.4, 0.5) is 15.8 Å². The molecule has 1 saturated carbocycles. The Balaban J connectivity index is 1.68. The van der Waals surface area contributed by atoms with Gasteiger partial charge in [0.15, 0.2) is 5.66 Å². The van der Waals surface area contributed by atoms with Gasteiger partial charge in [-0.3, -0.25) is 4.79 Å². The van der Waals surface area contributed by atoms with Gasteiger partial charge in [0.05, 0.1) is 16.4 Å². The summed E-state index contributed by atoms with van der Waals surface area (Å²) in [6, 6.07) is 19.9. The summed E-state index contributed by atoms with van der Waals surface area (Å²) in [6.45, 7) is 0. The van der Waals surface area contributed by atoms with Gasteiger partial charge >= 0.3 is 0 Å². The van der Waals surface area contributed by atoms with E-state index < -0.39 is 23.5 Å². The largest absolute Gasteiger partial charge is 0.372 e. The number of halogens is 3. The van der Waals surface area contributed by atoms with Crippen LogP contribution in [0.25, 0.3) is 0 Å². The highest BCUT2D eigenvalue weighted by molar-refractivity contribution is 6.31. The van der Waals surface area contributed by atoms with Crippen molar-refractivity contribution in [1.82, 2.24) is 5.32 Å². The number of carbonyl (C=O) groups excluding carboxylic acids is 1. The minimum Gasteiger partial charge on any atom is -0.372 e. The lowest BCUT2D eigenvalue weighted by molar-refractivity contribution is -0.125. The Hall–Kier alpha value is -2.80. The summed E-state index contributed by atoms with van der Waals surface area (Å²) in [5.74, 6) is -1.51. The van der Waals surface area contributed by atoms with Crippen molar-refractivity contribution in [2.75, 3.05) is 17.7 Å². The molecule has 1 aliphatic carbocycles. The lowest BCUT2D eigenvalue weighted by Gasteiger charge is -2.43. The van der Waals surface area contributed by atoms with E-state index in [0.717, 1.165) is 31.2 Å². The van der Waals surface area contributed by atoms with Crippen LogP contribution in [0.5, 0.6) is 0 Å². The second-order valence-electron chi connectivity index (χ2n) is 9.44. The fourth-order valence-corrected chi connectivity index (χ4v) is 5.89. The van der Waals surface area contributed by atoms with Crippen molar-refractivity contribution in [2.45, 2.75) is 49.4 Å². The molecule has 0 radical (unpaired) electrons. The van der Waals surface area contributed by atoms with Gasteiger partial charge in [-0.25, -0.2) is 4.39 Å². The van der Waals surface area contributed by atoms with Gasteiger partial charge in [0.2, 0.25) is 5.91 Å². The molecule has 3 N–H and O–H groups in total. The second-order valence-corrected chi connectivity index (χ2v) is 10.3. The number of fused-ring (bicyclic) bond motifs is 1. The molecule has 1 heterocycles. The number of methoxy groups -OCH3 is 1. The van der Waals surface area contributed by atoms with Crippen LogP contribution in [0.3, 0.4) is 0 Å². The van der Waals surface area contributed by atoms with E-state index in [1.54, 1.807) is 19.2 Å². The third-order valence-electron chi connectivity index (χ3n) is 7.10. The Bertz CT molecular complexity index is 1220. The van der Waals surface area contributed by atoms with Gasteiger partial charge in [-0.15, -0.1) is 0 Å². The Kier molecular flexibility index (Phi) is 7.11. The molecule has 5 nitrogen and oxygen atoms in total. The smallest absolute Gasteiger partial charge is 0.232 e. The van der Waals surface area contributed by atoms with E-state index in [0.29, 0.717) is 22.0 Å². The average molecular weight is 528 g/mol. The number of ether oxygens (including phenoxy) is 1. The Morgan fingerprint density at radius 2 is 1.67 bits per heavy atom. The van der Waals surface area contributed by atoms with Crippen molar-refractivity contribution in [3.63, 3.8) is 0 Å². The molecular formula is C28H28Cl2FN3O2. The molecule has 0 aromatic heterocycles. The van der Waals surface area contributed by atoms with E-state index in [-0.39, 0.29) is 17.0 Å². The molecule has 5 rings (SSSR count). The van der Waals surface area contributed by atoms with Crippen molar-refractivity contribution < 1.29 is 13.9 Å². The molecule has 1 amide bonds. The minimum atomic E-state index is -1.22. The monoisotopic (exact) mass is 527 g/mol. The van der Waals surface area contributed by atoms with Crippen molar-refractivity contribution >= 4 is 40.5 Å². The topological polar surface area (TPSA) is 62.4 Å². The maximum absolute atomic E-state index is 14.5. The molecule has 188 valence electrons. The Morgan fingerprint density at radius 3 is 2.33 bits per heavy atom. The summed E-state index contributed by atoms with van der Waals surface area (Å²) < 4.78 is 20.6. The predicted molar refractivity (Wildman–Crippen MR) is 142 cm³/mol. The summed E-state index contributed by atoms with van der Waals surface area (Å²) in [4.78, 5) is 14.1. The summed E-state index contributed by atoms with van der Waals surface area (Å²) in [6.07, 6.45) is 3.40. The third-order valence-corrected chi connectivity index (χ3v) is 7.62. The second kappa shape index (κ2) is 10.3. The van der Waals surface area contributed by atoms with Gasteiger partial charge < -0.3 is 20.7 Å². The van der Waals surface area contributed by atoms with E-state index in [9.17, 15) is 9.18 Å². The molecule has 0 bridgehead atoms. The standard InChI is InChI=1S/C28H28Cl2FN3O2/c1-36-26(17-8-3-2-4-9-17)28(33-23-15-21(30)22(31)16-24(23)34-28)25(18-10-7-11-19(29)14-18)27(35)32-20-12-5-6-13-20/h2-4,7-11,14-16,20,25-26,33-34H,5-6,12-13H2,1H3,(H,32,35). The molecule has 3 aromatic carbocycles. The third kappa shape index (κ3) is 4.65. The number of benzene rings is 3. The fourth-order valence-electron chi connectivity index (χ4n) is 5.53. The normalized spacial score (nSPS) is 20.8. The van der Waals surface area contributed by atoms with Gasteiger partial charge in [-0.1, -0.05) is 78.5 Å². The fraction of sp³-hybridized carbons (Fsp3) is 0.321. The maximum Gasteiger partial charge on any atom is 0.232 e. The Morgan fingerprint density at radius 1 is 1.00 bits per heavy atom. The van der Waals surface area contributed by atoms with E-state index in [1.807, 2.05) is 42.5 Å². The molecule has 36 heavy (non-hydrogen) atoms. The molecule has 1 aliphatic heterocycles. The summed E-state index contributed by atoms with van der Waals surface area (Å²) in [7, 11) is 1.60. The zero-order valence-electron chi connectivity index (χ0n) is 19.9. The van der Waals surface area contributed by atoms with Crippen LogP contribution < -0.4 is 16.0 Å². The zero-order valence-corrected chi connectivity index (χ0v) is 21.4. The van der Waals surface area contributed by atoms with Crippen LogP contribution in [-0.4, -0.2) is 24.7 Å². The van der Waals surface area contributed by atoms with Crippen LogP contribution in [-0.2, 0) is 9.53 Å². The first-order chi connectivity index (χ1) is 17.4. The lowest BCUT2D eigenvalue weighted by Crippen LogP contribution is -2.58. The molecule has 1 fully saturated rings. The molecule has 3 atom stereocenters. The highest BCUT2D eigenvalue weighted by atomic mass is 35.5. The van der Waals surface area contributed by atoms with Crippen molar-refractivity contribution in [1.29, 1.82) is 0 Å². The predicted octanol–water partition coefficient (Wildman–Crippen LogP) is 6.90. The quantitative estimate of drug-likeness (QED) is 0.312. The first-order valence-electron chi connectivity index (χ1n) is 12.1. The first kappa shape index (κ1) is 24.9. The molecule has 0 spiro atoms. The number of carbonyl (C=O) groups is 1. The highest BCUT2D eigenvalue weighted by Gasteiger charge is 2.54.